The second-order valence-corrected chi connectivity index (χ2v) is 5.66. The topological polar surface area (TPSA) is 64.4 Å². The smallest absolute Gasteiger partial charge is 0.413 e. The number of carbonyl (C=O) groups excluding carboxylic acids is 1. The number of amides is 1. The highest BCUT2D eigenvalue weighted by atomic mass is 35.5. The molecule has 0 aliphatic heterocycles. The van der Waals surface area contributed by atoms with Gasteiger partial charge in [-0.3, -0.25) is 5.32 Å². The van der Waals surface area contributed by atoms with Crippen LogP contribution in [0.25, 0.3) is 11.0 Å². The van der Waals surface area contributed by atoms with Crippen molar-refractivity contribution >= 4 is 34.5 Å². The minimum Gasteiger partial charge on any atom is -0.444 e. The van der Waals surface area contributed by atoms with Crippen molar-refractivity contribution in [1.29, 1.82) is 0 Å². The zero-order valence-electron chi connectivity index (χ0n) is 11.2. The maximum absolute atomic E-state index is 11.7. The number of benzene rings is 1. The number of aryl methyl sites for hydroxylation is 1. The minimum absolute atomic E-state index is 0.297. The molecule has 5 nitrogen and oxygen atoms in total. The van der Waals surface area contributed by atoms with E-state index in [1.165, 1.54) is 0 Å². The third-order valence-corrected chi connectivity index (χ3v) is 2.78. The molecule has 1 aromatic carbocycles. The van der Waals surface area contributed by atoms with Crippen molar-refractivity contribution in [2.24, 2.45) is 0 Å². The first-order valence-corrected chi connectivity index (χ1v) is 6.19. The fraction of sp³-hybridized carbons (Fsp3) is 0.385. The van der Waals surface area contributed by atoms with E-state index in [-0.39, 0.29) is 0 Å². The van der Waals surface area contributed by atoms with Gasteiger partial charge in [0.15, 0.2) is 11.4 Å². The Hall–Kier alpha value is -1.75. The van der Waals surface area contributed by atoms with Crippen molar-refractivity contribution in [2.45, 2.75) is 33.3 Å². The molecular formula is C13H15ClN2O3. The van der Waals surface area contributed by atoms with E-state index in [4.69, 9.17) is 20.9 Å². The summed E-state index contributed by atoms with van der Waals surface area (Å²) in [6.45, 7) is 7.22. The number of anilines is 1. The van der Waals surface area contributed by atoms with Crippen LogP contribution in [0.5, 0.6) is 0 Å². The molecular weight excluding hydrogens is 268 g/mol. The molecule has 1 N–H and O–H groups in total. The van der Waals surface area contributed by atoms with Crippen LogP contribution in [-0.2, 0) is 4.74 Å². The molecule has 0 unspecified atom stereocenters. The van der Waals surface area contributed by atoms with E-state index in [2.05, 4.69) is 10.5 Å². The molecule has 0 spiro atoms. The molecule has 2 rings (SSSR count). The van der Waals surface area contributed by atoms with Crippen LogP contribution in [0.2, 0.25) is 5.02 Å². The summed E-state index contributed by atoms with van der Waals surface area (Å²) in [5.74, 6) is 0.297. The summed E-state index contributed by atoms with van der Waals surface area (Å²) in [7, 11) is 0. The third-order valence-electron chi connectivity index (χ3n) is 2.37. The van der Waals surface area contributed by atoms with Crippen LogP contribution in [-0.4, -0.2) is 16.9 Å². The lowest BCUT2D eigenvalue weighted by atomic mass is 10.2. The number of nitrogens with one attached hydrogen (secondary N) is 1. The van der Waals surface area contributed by atoms with Gasteiger partial charge in [-0.1, -0.05) is 16.8 Å². The molecule has 0 atom stereocenters. The number of carbonyl (C=O) groups is 1. The maximum Gasteiger partial charge on any atom is 0.413 e. The van der Waals surface area contributed by atoms with E-state index >= 15 is 0 Å². The lowest BCUT2D eigenvalue weighted by Gasteiger charge is -2.19. The van der Waals surface area contributed by atoms with Crippen LogP contribution in [0, 0.1) is 6.92 Å². The summed E-state index contributed by atoms with van der Waals surface area (Å²) in [5.41, 5.74) is 0.875. The second-order valence-electron chi connectivity index (χ2n) is 5.26. The first kappa shape index (κ1) is 13.7. The van der Waals surface area contributed by atoms with Gasteiger partial charge < -0.3 is 9.26 Å². The normalized spacial score (nSPS) is 11.6. The molecule has 0 aliphatic rings. The van der Waals surface area contributed by atoms with Gasteiger partial charge in [-0.15, -0.1) is 0 Å². The van der Waals surface area contributed by atoms with Crippen molar-refractivity contribution < 1.29 is 14.1 Å². The number of fused-ring (bicyclic) bond motifs is 1. The van der Waals surface area contributed by atoms with Crippen LogP contribution < -0.4 is 5.32 Å². The molecule has 1 amide bonds. The molecule has 1 aromatic heterocycles. The zero-order valence-corrected chi connectivity index (χ0v) is 12.0. The quantitative estimate of drug-likeness (QED) is 0.854. The minimum atomic E-state index is -0.584. The Morgan fingerprint density at radius 2 is 2.11 bits per heavy atom. The van der Waals surface area contributed by atoms with E-state index in [9.17, 15) is 4.79 Å². The molecule has 2 aromatic rings. The average molecular weight is 283 g/mol. The van der Waals surface area contributed by atoms with Crippen molar-refractivity contribution in [3.05, 3.63) is 22.7 Å². The molecule has 19 heavy (non-hydrogen) atoms. The zero-order chi connectivity index (χ0) is 14.2. The molecule has 0 bridgehead atoms. The van der Waals surface area contributed by atoms with Gasteiger partial charge in [-0.05, 0) is 45.4 Å². The summed E-state index contributed by atoms with van der Waals surface area (Å²) in [6, 6.07) is 3.47. The van der Waals surface area contributed by atoms with E-state index in [0.717, 1.165) is 5.56 Å². The molecule has 0 saturated heterocycles. The highest BCUT2D eigenvalue weighted by Gasteiger charge is 2.19. The monoisotopic (exact) mass is 282 g/mol. The van der Waals surface area contributed by atoms with Crippen LogP contribution in [0.15, 0.2) is 16.7 Å². The summed E-state index contributed by atoms with van der Waals surface area (Å²) in [6.07, 6.45) is -0.584. The molecule has 1 heterocycles. The molecule has 6 heteroatoms. The van der Waals surface area contributed by atoms with Gasteiger partial charge in [-0.2, -0.15) is 0 Å². The van der Waals surface area contributed by atoms with Gasteiger partial charge in [0.25, 0.3) is 0 Å². The molecule has 0 radical (unpaired) electrons. The van der Waals surface area contributed by atoms with Crippen LogP contribution in [0.3, 0.4) is 0 Å². The lowest BCUT2D eigenvalue weighted by Crippen LogP contribution is -2.27. The summed E-state index contributed by atoms with van der Waals surface area (Å²) in [4.78, 5) is 11.7. The van der Waals surface area contributed by atoms with E-state index in [1.54, 1.807) is 32.9 Å². The Kier molecular flexibility index (Phi) is 3.41. The van der Waals surface area contributed by atoms with Crippen LogP contribution in [0.1, 0.15) is 26.3 Å². The summed E-state index contributed by atoms with van der Waals surface area (Å²) in [5, 5.41) is 7.57. The molecule has 0 aliphatic carbocycles. The van der Waals surface area contributed by atoms with Crippen LogP contribution in [0.4, 0.5) is 10.6 Å². The van der Waals surface area contributed by atoms with Crippen molar-refractivity contribution in [2.75, 3.05) is 5.32 Å². The second kappa shape index (κ2) is 4.74. The van der Waals surface area contributed by atoms with Gasteiger partial charge in [0.2, 0.25) is 0 Å². The Labute approximate surface area is 115 Å². The number of halogens is 1. The number of nitrogens with zero attached hydrogens (tertiary/aromatic N) is 1. The fourth-order valence-corrected chi connectivity index (χ4v) is 1.71. The highest BCUT2D eigenvalue weighted by Crippen LogP contribution is 2.28. The Bertz CT molecular complexity index is 629. The Balaban J connectivity index is 2.27. The first-order valence-electron chi connectivity index (χ1n) is 5.82. The molecule has 0 saturated carbocycles. The predicted octanol–water partition coefficient (Wildman–Crippen LogP) is 4.14. The number of hydrogen-bond acceptors (Lipinski definition) is 4. The molecule has 102 valence electrons. The largest absolute Gasteiger partial charge is 0.444 e. The standard InChI is InChI=1S/C13H15ClN2O3/c1-7-5-10-8(6-9(7)14)11(16-19-10)15-12(17)18-13(2,3)4/h5-6H,1-4H3,(H,15,16,17). The molecule has 0 fully saturated rings. The number of rotatable bonds is 1. The number of hydrogen-bond donors (Lipinski definition) is 1. The maximum atomic E-state index is 11.7. The SMILES string of the molecule is Cc1cc2onc(NC(=O)OC(C)(C)C)c2cc1Cl. The average Bonchev–Trinajstić information content (AvgIpc) is 2.59. The van der Waals surface area contributed by atoms with Crippen molar-refractivity contribution in [3.8, 4) is 0 Å². The summed E-state index contributed by atoms with van der Waals surface area (Å²) >= 11 is 6.05. The van der Waals surface area contributed by atoms with Crippen molar-refractivity contribution in [1.82, 2.24) is 5.16 Å². The highest BCUT2D eigenvalue weighted by molar-refractivity contribution is 6.32. The lowest BCUT2D eigenvalue weighted by molar-refractivity contribution is 0.0635. The van der Waals surface area contributed by atoms with Crippen LogP contribution >= 0.6 is 11.6 Å². The number of aromatic nitrogens is 1. The fourth-order valence-electron chi connectivity index (χ4n) is 1.55. The third kappa shape index (κ3) is 3.17. The van der Waals surface area contributed by atoms with Gasteiger partial charge in [-0.25, -0.2) is 4.79 Å². The Morgan fingerprint density at radius 1 is 1.42 bits per heavy atom. The summed E-state index contributed by atoms with van der Waals surface area (Å²) < 4.78 is 10.3. The van der Waals surface area contributed by atoms with Gasteiger partial charge in [0.1, 0.15) is 5.60 Å². The predicted molar refractivity (Wildman–Crippen MR) is 73.6 cm³/mol. The van der Waals surface area contributed by atoms with E-state index in [1.807, 2.05) is 6.92 Å². The van der Waals surface area contributed by atoms with Gasteiger partial charge in [0, 0.05) is 5.02 Å². The number of ether oxygens (including phenoxy) is 1. The van der Waals surface area contributed by atoms with E-state index < -0.39 is 11.7 Å². The van der Waals surface area contributed by atoms with Gasteiger partial charge >= 0.3 is 6.09 Å². The van der Waals surface area contributed by atoms with Gasteiger partial charge in [0.05, 0.1) is 5.39 Å². The first-order chi connectivity index (χ1) is 8.76. The van der Waals surface area contributed by atoms with Crippen molar-refractivity contribution in [3.63, 3.8) is 0 Å². The Morgan fingerprint density at radius 3 is 2.74 bits per heavy atom. The van der Waals surface area contributed by atoms with E-state index in [0.29, 0.717) is 21.8 Å².